The van der Waals surface area contributed by atoms with Crippen LogP contribution in [-0.2, 0) is 17.6 Å². The van der Waals surface area contributed by atoms with E-state index in [2.05, 4.69) is 34.6 Å². The number of hydrogen-bond donors (Lipinski definition) is 1. The number of benzene rings is 1. The molecule has 0 bridgehead atoms. The molecular formula is C23H29N3O2. The average molecular weight is 380 g/mol. The van der Waals surface area contributed by atoms with Gasteiger partial charge in [-0.2, -0.15) is 0 Å². The maximum atomic E-state index is 12.6. The summed E-state index contributed by atoms with van der Waals surface area (Å²) < 4.78 is 0. The fourth-order valence-electron chi connectivity index (χ4n) is 3.68. The number of likely N-dealkylation sites (tertiary alicyclic amines) is 1. The van der Waals surface area contributed by atoms with Crippen LogP contribution in [0, 0.1) is 12.8 Å². The first-order valence-corrected chi connectivity index (χ1v) is 10.1. The maximum Gasteiger partial charge on any atom is 0.255 e. The Bertz CT molecular complexity index is 792. The number of aromatic nitrogens is 1. The summed E-state index contributed by atoms with van der Waals surface area (Å²) in [6.45, 7) is 3.54. The Labute approximate surface area is 167 Å². The minimum atomic E-state index is 0.0757. The summed E-state index contributed by atoms with van der Waals surface area (Å²) in [7, 11) is 1.67. The average Bonchev–Trinajstić information content (AvgIpc) is 2.73. The van der Waals surface area contributed by atoms with Crippen LogP contribution in [0.25, 0.3) is 0 Å². The van der Waals surface area contributed by atoms with E-state index in [4.69, 9.17) is 0 Å². The number of pyridine rings is 1. The minimum Gasteiger partial charge on any atom is -0.359 e. The van der Waals surface area contributed by atoms with Gasteiger partial charge in [0.2, 0.25) is 5.91 Å². The Morgan fingerprint density at radius 1 is 1.07 bits per heavy atom. The number of carbonyl (C=O) groups is 2. The van der Waals surface area contributed by atoms with Crippen LogP contribution in [-0.4, -0.2) is 41.8 Å². The highest BCUT2D eigenvalue weighted by Crippen LogP contribution is 2.23. The van der Waals surface area contributed by atoms with Crippen molar-refractivity contribution in [3.8, 4) is 0 Å². The number of aryl methyl sites for hydroxylation is 2. The second kappa shape index (κ2) is 9.49. The fourth-order valence-corrected chi connectivity index (χ4v) is 3.68. The molecule has 3 rings (SSSR count). The monoisotopic (exact) mass is 379 g/mol. The Balaban J connectivity index is 1.47. The summed E-state index contributed by atoms with van der Waals surface area (Å²) in [6.07, 6.45) is 6.08. The van der Waals surface area contributed by atoms with Crippen molar-refractivity contribution in [1.82, 2.24) is 15.2 Å². The molecule has 2 heterocycles. The van der Waals surface area contributed by atoms with E-state index in [0.717, 1.165) is 44.5 Å². The molecule has 1 aliphatic heterocycles. The molecule has 0 unspecified atom stereocenters. The van der Waals surface area contributed by atoms with Crippen LogP contribution in [0.3, 0.4) is 0 Å². The van der Waals surface area contributed by atoms with Gasteiger partial charge in [-0.25, -0.2) is 0 Å². The molecule has 5 heteroatoms. The second-order valence-corrected chi connectivity index (χ2v) is 7.62. The first kappa shape index (κ1) is 20.1. The summed E-state index contributed by atoms with van der Waals surface area (Å²) in [5.41, 5.74) is 4.13. The molecule has 1 fully saturated rings. The smallest absolute Gasteiger partial charge is 0.255 e. The van der Waals surface area contributed by atoms with Crippen LogP contribution in [0.2, 0.25) is 0 Å². The SMILES string of the molecule is CNC(=O)CCc1ccc(CC2CCN(C(=O)c3ccc(C)nc3)CC2)cc1. The van der Waals surface area contributed by atoms with Gasteiger partial charge in [0.1, 0.15) is 0 Å². The molecule has 5 nitrogen and oxygen atoms in total. The van der Waals surface area contributed by atoms with E-state index in [-0.39, 0.29) is 11.8 Å². The van der Waals surface area contributed by atoms with Crippen LogP contribution < -0.4 is 5.32 Å². The lowest BCUT2D eigenvalue weighted by Crippen LogP contribution is -2.39. The van der Waals surface area contributed by atoms with Gasteiger partial charge in [0.25, 0.3) is 5.91 Å². The zero-order valence-corrected chi connectivity index (χ0v) is 16.8. The van der Waals surface area contributed by atoms with Crippen molar-refractivity contribution in [3.63, 3.8) is 0 Å². The molecule has 0 radical (unpaired) electrons. The number of carbonyl (C=O) groups excluding carboxylic acids is 2. The van der Waals surface area contributed by atoms with Crippen molar-refractivity contribution < 1.29 is 9.59 Å². The Morgan fingerprint density at radius 3 is 2.36 bits per heavy atom. The molecule has 2 aromatic rings. The summed E-state index contributed by atoms with van der Waals surface area (Å²) in [5, 5.41) is 2.65. The summed E-state index contributed by atoms with van der Waals surface area (Å²) in [4.78, 5) is 30.1. The van der Waals surface area contributed by atoms with Crippen LogP contribution in [0.5, 0.6) is 0 Å². The third-order valence-corrected chi connectivity index (χ3v) is 5.53. The van der Waals surface area contributed by atoms with Crippen LogP contribution in [0.4, 0.5) is 0 Å². The quantitative estimate of drug-likeness (QED) is 0.839. The van der Waals surface area contributed by atoms with E-state index in [9.17, 15) is 9.59 Å². The van der Waals surface area contributed by atoms with E-state index >= 15 is 0 Å². The molecule has 0 saturated carbocycles. The molecule has 1 N–H and O–H groups in total. The van der Waals surface area contributed by atoms with Crippen LogP contribution >= 0.6 is 0 Å². The second-order valence-electron chi connectivity index (χ2n) is 7.62. The van der Waals surface area contributed by atoms with Gasteiger partial charge in [0, 0.05) is 38.4 Å². The number of hydrogen-bond acceptors (Lipinski definition) is 3. The van der Waals surface area contributed by atoms with Gasteiger partial charge in [-0.15, -0.1) is 0 Å². The standard InChI is InChI=1S/C23H29N3O2/c1-17-3-9-21(16-25-17)23(28)26-13-11-20(12-14-26)15-19-6-4-18(5-7-19)8-10-22(27)24-2/h3-7,9,16,20H,8,10-15H2,1-2H3,(H,24,27). The van der Waals surface area contributed by atoms with Crippen molar-refractivity contribution >= 4 is 11.8 Å². The van der Waals surface area contributed by atoms with Crippen LogP contribution in [0.1, 0.15) is 46.4 Å². The van der Waals surface area contributed by atoms with Crippen molar-refractivity contribution in [3.05, 3.63) is 65.0 Å². The molecule has 148 valence electrons. The Hall–Kier alpha value is -2.69. The van der Waals surface area contributed by atoms with E-state index < -0.39 is 0 Å². The highest BCUT2D eigenvalue weighted by atomic mass is 16.2. The highest BCUT2D eigenvalue weighted by molar-refractivity contribution is 5.94. The number of nitrogens with zero attached hydrogens (tertiary/aromatic N) is 2. The van der Waals surface area contributed by atoms with Crippen LogP contribution in [0.15, 0.2) is 42.6 Å². The number of piperidine rings is 1. The summed E-state index contributed by atoms with van der Waals surface area (Å²) >= 11 is 0. The molecule has 0 atom stereocenters. The lowest BCUT2D eigenvalue weighted by atomic mass is 9.89. The zero-order chi connectivity index (χ0) is 19.9. The van der Waals surface area contributed by atoms with Gasteiger partial charge in [0.15, 0.2) is 0 Å². The van der Waals surface area contributed by atoms with Crippen molar-refractivity contribution in [1.29, 1.82) is 0 Å². The molecule has 1 saturated heterocycles. The molecular weight excluding hydrogens is 350 g/mol. The summed E-state index contributed by atoms with van der Waals surface area (Å²) in [6, 6.07) is 12.4. The number of rotatable bonds is 6. The van der Waals surface area contributed by atoms with E-state index in [1.807, 2.05) is 24.0 Å². The van der Waals surface area contributed by atoms with Crippen molar-refractivity contribution in [2.45, 2.75) is 39.0 Å². The van der Waals surface area contributed by atoms with Gasteiger partial charge in [-0.3, -0.25) is 14.6 Å². The number of nitrogens with one attached hydrogen (secondary N) is 1. The van der Waals surface area contributed by atoms with Gasteiger partial charge >= 0.3 is 0 Å². The van der Waals surface area contributed by atoms with Crippen molar-refractivity contribution in [2.75, 3.05) is 20.1 Å². The molecule has 0 aliphatic carbocycles. The largest absolute Gasteiger partial charge is 0.359 e. The summed E-state index contributed by atoms with van der Waals surface area (Å²) in [5.74, 6) is 0.773. The highest BCUT2D eigenvalue weighted by Gasteiger charge is 2.24. The Morgan fingerprint density at radius 2 is 1.75 bits per heavy atom. The van der Waals surface area contributed by atoms with Gasteiger partial charge < -0.3 is 10.2 Å². The molecule has 1 aliphatic rings. The Kier molecular flexibility index (Phi) is 6.80. The van der Waals surface area contributed by atoms with E-state index in [0.29, 0.717) is 17.9 Å². The third-order valence-electron chi connectivity index (χ3n) is 5.53. The van der Waals surface area contributed by atoms with Gasteiger partial charge in [-0.05, 0) is 61.8 Å². The third kappa shape index (κ3) is 5.41. The van der Waals surface area contributed by atoms with Gasteiger partial charge in [-0.1, -0.05) is 24.3 Å². The lowest BCUT2D eigenvalue weighted by molar-refractivity contribution is -0.120. The lowest BCUT2D eigenvalue weighted by Gasteiger charge is -2.32. The first-order valence-electron chi connectivity index (χ1n) is 10.1. The molecule has 1 aromatic carbocycles. The van der Waals surface area contributed by atoms with Crippen molar-refractivity contribution in [2.24, 2.45) is 5.92 Å². The van der Waals surface area contributed by atoms with E-state index in [1.165, 1.54) is 11.1 Å². The normalized spacial score (nSPS) is 14.7. The fraction of sp³-hybridized carbons (Fsp3) is 0.435. The minimum absolute atomic E-state index is 0.0757. The van der Waals surface area contributed by atoms with Gasteiger partial charge in [0.05, 0.1) is 5.56 Å². The molecule has 1 aromatic heterocycles. The predicted molar refractivity (Wildman–Crippen MR) is 110 cm³/mol. The topological polar surface area (TPSA) is 62.3 Å². The molecule has 28 heavy (non-hydrogen) atoms. The zero-order valence-electron chi connectivity index (χ0n) is 16.8. The molecule has 2 amide bonds. The number of amides is 2. The first-order chi connectivity index (χ1) is 13.5. The van der Waals surface area contributed by atoms with E-state index in [1.54, 1.807) is 13.2 Å². The predicted octanol–water partition coefficient (Wildman–Crippen LogP) is 3.16. The molecule has 0 spiro atoms. The maximum absolute atomic E-state index is 12.6.